The van der Waals surface area contributed by atoms with E-state index in [1.165, 1.54) is 12.8 Å². The summed E-state index contributed by atoms with van der Waals surface area (Å²) in [6.45, 7) is 1.23. The lowest BCUT2D eigenvalue weighted by atomic mass is 9.96. The third kappa shape index (κ3) is 5.43. The molecule has 0 spiro atoms. The molecular weight excluding hydrogens is 500 g/mol. The van der Waals surface area contributed by atoms with Crippen molar-refractivity contribution in [2.75, 3.05) is 12.4 Å². The smallest absolute Gasteiger partial charge is 0.110 e. The number of amidine groups is 1. The van der Waals surface area contributed by atoms with Gasteiger partial charge in [-0.2, -0.15) is 0 Å². The second-order valence-electron chi connectivity index (χ2n) is 9.43. The first-order valence-electron chi connectivity index (χ1n) is 11.8. The summed E-state index contributed by atoms with van der Waals surface area (Å²) in [6, 6.07) is 11.7. The van der Waals surface area contributed by atoms with Crippen LogP contribution in [0.3, 0.4) is 0 Å². The Balaban J connectivity index is 1.55. The van der Waals surface area contributed by atoms with Gasteiger partial charge in [-0.1, -0.05) is 41.7 Å². The first-order valence-corrected chi connectivity index (χ1v) is 13.9. The van der Waals surface area contributed by atoms with Crippen molar-refractivity contribution in [3.8, 4) is 11.3 Å². The zero-order chi connectivity index (χ0) is 24.6. The fourth-order valence-electron chi connectivity index (χ4n) is 4.07. The van der Waals surface area contributed by atoms with Crippen LogP contribution >= 0.6 is 34.9 Å². The van der Waals surface area contributed by atoms with Gasteiger partial charge < -0.3 is 15.9 Å². The number of benzene rings is 1. The van der Waals surface area contributed by atoms with Gasteiger partial charge in [0, 0.05) is 38.5 Å². The Hall–Kier alpha value is -1.94. The molecule has 5 rings (SSSR count). The predicted octanol–water partition coefficient (Wildman–Crippen LogP) is 5.45. The lowest BCUT2D eigenvalue weighted by Gasteiger charge is -2.22. The Kier molecular flexibility index (Phi) is 7.21. The van der Waals surface area contributed by atoms with Crippen molar-refractivity contribution in [1.29, 1.82) is 0 Å². The van der Waals surface area contributed by atoms with Gasteiger partial charge >= 0.3 is 0 Å². The molecule has 0 radical (unpaired) electrons. The number of aliphatic hydroxyl groups is 2. The second kappa shape index (κ2) is 10.2. The fourth-order valence-corrected chi connectivity index (χ4v) is 6.70. The molecule has 0 bridgehead atoms. The van der Waals surface area contributed by atoms with Crippen molar-refractivity contribution in [3.63, 3.8) is 0 Å². The number of aliphatic imine (C=N–C) groups is 1. The molecule has 1 aromatic carbocycles. The van der Waals surface area contributed by atoms with Crippen molar-refractivity contribution in [2.24, 2.45) is 16.6 Å². The van der Waals surface area contributed by atoms with Gasteiger partial charge in [-0.15, -0.1) is 11.3 Å². The van der Waals surface area contributed by atoms with Gasteiger partial charge in [0.1, 0.15) is 5.60 Å². The Bertz CT molecular complexity index is 1300. The molecule has 2 aromatic heterocycles. The van der Waals surface area contributed by atoms with Crippen LogP contribution in [0, 0.1) is 5.92 Å². The predicted molar refractivity (Wildman–Crippen MR) is 147 cm³/mol. The maximum Gasteiger partial charge on any atom is 0.110 e. The number of nitrogens with zero attached hydrogens (tertiary/aromatic N) is 2. The van der Waals surface area contributed by atoms with Gasteiger partial charge in [0.25, 0.3) is 0 Å². The van der Waals surface area contributed by atoms with Crippen LogP contribution in [0.2, 0.25) is 0 Å². The molecule has 1 aliphatic heterocycles. The van der Waals surface area contributed by atoms with E-state index in [1.54, 1.807) is 42.5 Å². The van der Waals surface area contributed by atoms with Crippen molar-refractivity contribution >= 4 is 50.8 Å². The number of nitrogens with one attached hydrogen (secondary N) is 1. The minimum atomic E-state index is -1.33. The quantitative estimate of drug-likeness (QED) is 0.275. The van der Waals surface area contributed by atoms with Gasteiger partial charge in [-0.3, -0.25) is 4.98 Å². The van der Waals surface area contributed by atoms with Gasteiger partial charge in [0.2, 0.25) is 0 Å². The minimum absolute atomic E-state index is 0.162. The Morgan fingerprint density at radius 3 is 2.89 bits per heavy atom. The van der Waals surface area contributed by atoms with E-state index in [4.69, 9.17) is 17.3 Å². The summed E-state index contributed by atoms with van der Waals surface area (Å²) in [7, 11) is 0. The van der Waals surface area contributed by atoms with Crippen LogP contribution in [0.1, 0.15) is 49.1 Å². The number of thiophene rings is 1. The average molecular weight is 529 g/mol. The largest absolute Gasteiger partial charge is 0.393 e. The van der Waals surface area contributed by atoms with Gasteiger partial charge in [0.05, 0.1) is 29.9 Å². The number of pyridine rings is 1. The number of hydrogen-bond donors (Lipinski definition) is 4. The minimum Gasteiger partial charge on any atom is -0.393 e. The number of nitrogens with two attached hydrogens (primary N) is 1. The standard InChI is InChI=1S/C26H29ClN4O2S2/c1-26(33,14-32)17-9-10-29-20(12-17)18-4-2-3-16-11-21(35-25(16)18)24(31-34-13-15-5-6-15)23-19(27)7-8-22(28)30-23/h2-4,9-12,15,24,31-33H,5-8,13-14H2,1H3,(H2,28,30). The lowest BCUT2D eigenvalue weighted by molar-refractivity contribution is -0.00230. The van der Waals surface area contributed by atoms with Crippen molar-refractivity contribution in [3.05, 3.63) is 63.8 Å². The molecule has 184 valence electrons. The Labute approximate surface area is 218 Å². The van der Waals surface area contributed by atoms with E-state index in [2.05, 4.69) is 26.8 Å². The van der Waals surface area contributed by atoms with E-state index in [0.717, 1.165) is 48.6 Å². The summed E-state index contributed by atoms with van der Waals surface area (Å²) >= 11 is 10.1. The van der Waals surface area contributed by atoms with Crippen LogP contribution in [-0.2, 0) is 5.60 Å². The molecule has 1 aliphatic carbocycles. The summed E-state index contributed by atoms with van der Waals surface area (Å²) in [4.78, 5) is 10.3. The molecule has 3 aromatic rings. The first kappa shape index (κ1) is 24.7. The Morgan fingerprint density at radius 1 is 1.29 bits per heavy atom. The van der Waals surface area contributed by atoms with E-state index >= 15 is 0 Å². The fraction of sp³-hybridized carbons (Fsp3) is 0.385. The number of allylic oxidation sites excluding steroid dienone is 1. The SMILES string of the molecule is CC(O)(CO)c1ccnc(-c2cccc3cc(C(NSCC4CC4)C4=C(Cl)CCC(N)=N4)sc23)c1. The van der Waals surface area contributed by atoms with Crippen LogP contribution in [0.5, 0.6) is 0 Å². The van der Waals surface area contributed by atoms with E-state index < -0.39 is 5.60 Å². The van der Waals surface area contributed by atoms with Gasteiger partial charge in [-0.25, -0.2) is 9.71 Å². The number of aliphatic hydroxyl groups excluding tert-OH is 1. The van der Waals surface area contributed by atoms with Crippen LogP contribution in [-0.4, -0.2) is 33.4 Å². The van der Waals surface area contributed by atoms with Gasteiger partial charge in [0.15, 0.2) is 0 Å². The lowest BCUT2D eigenvalue weighted by Crippen LogP contribution is -2.25. The maximum atomic E-state index is 10.5. The normalized spacial score (nSPS) is 19.0. The third-order valence-electron chi connectivity index (χ3n) is 6.45. The molecule has 3 heterocycles. The summed E-state index contributed by atoms with van der Waals surface area (Å²) in [5, 5.41) is 22.0. The summed E-state index contributed by atoms with van der Waals surface area (Å²) in [6.07, 6.45) is 5.66. The molecule has 1 fully saturated rings. The number of halogens is 1. The summed E-state index contributed by atoms with van der Waals surface area (Å²) in [5.74, 6) is 2.47. The molecule has 2 aliphatic rings. The van der Waals surface area contributed by atoms with E-state index in [1.807, 2.05) is 18.2 Å². The third-order valence-corrected chi connectivity index (χ3v) is 9.12. The second-order valence-corrected chi connectivity index (χ2v) is 11.8. The molecule has 9 heteroatoms. The number of rotatable bonds is 9. The highest BCUT2D eigenvalue weighted by molar-refractivity contribution is 7.97. The zero-order valence-corrected chi connectivity index (χ0v) is 21.9. The molecule has 0 saturated heterocycles. The Morgan fingerprint density at radius 2 is 2.11 bits per heavy atom. The average Bonchev–Trinajstić information content (AvgIpc) is 3.59. The molecule has 6 nitrogen and oxygen atoms in total. The number of hydrogen-bond acceptors (Lipinski definition) is 8. The molecule has 2 atom stereocenters. The van der Waals surface area contributed by atoms with E-state index in [-0.39, 0.29) is 12.6 Å². The van der Waals surface area contributed by atoms with Crippen molar-refractivity contribution in [2.45, 2.75) is 44.2 Å². The molecular formula is C26H29ClN4O2S2. The maximum absolute atomic E-state index is 10.5. The van der Waals surface area contributed by atoms with Crippen LogP contribution < -0.4 is 10.5 Å². The number of fused-ring (bicyclic) bond motifs is 1. The molecule has 2 unspecified atom stereocenters. The monoisotopic (exact) mass is 528 g/mol. The van der Waals surface area contributed by atoms with Crippen LogP contribution in [0.4, 0.5) is 0 Å². The molecule has 5 N–H and O–H groups in total. The first-order chi connectivity index (χ1) is 16.9. The van der Waals surface area contributed by atoms with Crippen LogP contribution in [0.25, 0.3) is 21.3 Å². The highest BCUT2D eigenvalue weighted by atomic mass is 35.5. The highest BCUT2D eigenvalue weighted by Crippen LogP contribution is 2.42. The summed E-state index contributed by atoms with van der Waals surface area (Å²) in [5.41, 5.74) is 7.92. The molecule has 1 saturated carbocycles. The summed E-state index contributed by atoms with van der Waals surface area (Å²) < 4.78 is 4.73. The highest BCUT2D eigenvalue weighted by Gasteiger charge is 2.28. The topological polar surface area (TPSA) is 104 Å². The molecule has 35 heavy (non-hydrogen) atoms. The van der Waals surface area contributed by atoms with Crippen molar-refractivity contribution < 1.29 is 10.2 Å². The van der Waals surface area contributed by atoms with E-state index in [0.29, 0.717) is 24.2 Å². The van der Waals surface area contributed by atoms with E-state index in [9.17, 15) is 10.2 Å². The van der Waals surface area contributed by atoms with Crippen LogP contribution in [0.15, 0.2) is 58.3 Å². The number of aromatic nitrogens is 1. The van der Waals surface area contributed by atoms with Crippen molar-refractivity contribution in [1.82, 2.24) is 9.71 Å². The molecule has 0 amide bonds. The van der Waals surface area contributed by atoms with Gasteiger partial charge in [-0.05, 0) is 61.3 Å². The zero-order valence-electron chi connectivity index (χ0n) is 19.5.